The molecule has 1 fully saturated rings. The summed E-state index contributed by atoms with van der Waals surface area (Å²) in [5, 5.41) is 12.1. The standard InChI is InChI=1S/C13H22N4O2/c1-9(12-16-15-11-5-4-6-17(11)12)14-10-7-18-13(2,3)19-8-10/h9-10,14H,4-8H2,1-3H3. The second-order valence-electron chi connectivity index (χ2n) is 5.84. The average molecular weight is 266 g/mol. The summed E-state index contributed by atoms with van der Waals surface area (Å²) in [6.07, 6.45) is 2.22. The summed E-state index contributed by atoms with van der Waals surface area (Å²) < 4.78 is 13.6. The van der Waals surface area contributed by atoms with Gasteiger partial charge in [0.15, 0.2) is 5.79 Å². The lowest BCUT2D eigenvalue weighted by molar-refractivity contribution is -0.253. The van der Waals surface area contributed by atoms with Gasteiger partial charge in [-0.1, -0.05) is 0 Å². The molecule has 1 saturated heterocycles. The molecule has 0 amide bonds. The highest BCUT2D eigenvalue weighted by Gasteiger charge is 2.30. The maximum absolute atomic E-state index is 5.66. The van der Waals surface area contributed by atoms with Crippen LogP contribution < -0.4 is 5.32 Å². The lowest BCUT2D eigenvalue weighted by atomic mass is 10.2. The van der Waals surface area contributed by atoms with Gasteiger partial charge in [0.2, 0.25) is 0 Å². The summed E-state index contributed by atoms with van der Waals surface area (Å²) in [6.45, 7) is 8.37. The topological polar surface area (TPSA) is 61.2 Å². The molecule has 0 spiro atoms. The number of aromatic nitrogens is 3. The van der Waals surface area contributed by atoms with Gasteiger partial charge in [-0.15, -0.1) is 10.2 Å². The number of fused-ring (bicyclic) bond motifs is 1. The highest BCUT2D eigenvalue weighted by Crippen LogP contribution is 2.21. The highest BCUT2D eigenvalue weighted by molar-refractivity contribution is 5.04. The minimum absolute atomic E-state index is 0.165. The third-order valence-electron chi connectivity index (χ3n) is 3.78. The molecule has 0 radical (unpaired) electrons. The largest absolute Gasteiger partial charge is 0.349 e. The van der Waals surface area contributed by atoms with Crippen LogP contribution in [0.1, 0.15) is 44.9 Å². The van der Waals surface area contributed by atoms with Crippen LogP contribution >= 0.6 is 0 Å². The zero-order valence-electron chi connectivity index (χ0n) is 11.8. The van der Waals surface area contributed by atoms with Crippen molar-refractivity contribution in [3.63, 3.8) is 0 Å². The molecule has 106 valence electrons. The van der Waals surface area contributed by atoms with Crippen LogP contribution in [0.2, 0.25) is 0 Å². The van der Waals surface area contributed by atoms with Crippen LogP contribution in [-0.2, 0) is 22.4 Å². The minimum atomic E-state index is -0.461. The van der Waals surface area contributed by atoms with Crippen molar-refractivity contribution in [2.75, 3.05) is 13.2 Å². The van der Waals surface area contributed by atoms with Gasteiger partial charge in [-0.25, -0.2) is 0 Å². The first kappa shape index (κ1) is 13.0. The normalized spacial score (nSPS) is 24.4. The van der Waals surface area contributed by atoms with Crippen molar-refractivity contribution in [1.82, 2.24) is 20.1 Å². The molecule has 1 N–H and O–H groups in total. The van der Waals surface area contributed by atoms with E-state index in [4.69, 9.17) is 9.47 Å². The summed E-state index contributed by atoms with van der Waals surface area (Å²) in [7, 11) is 0. The van der Waals surface area contributed by atoms with Crippen molar-refractivity contribution in [1.29, 1.82) is 0 Å². The van der Waals surface area contributed by atoms with E-state index in [1.165, 1.54) is 6.42 Å². The Balaban J connectivity index is 1.61. The number of aryl methyl sites for hydroxylation is 1. The number of nitrogens with one attached hydrogen (secondary N) is 1. The average Bonchev–Trinajstić information content (AvgIpc) is 2.93. The molecule has 1 aromatic heterocycles. The van der Waals surface area contributed by atoms with Crippen LogP contribution in [0, 0.1) is 0 Å². The van der Waals surface area contributed by atoms with E-state index in [1.807, 2.05) is 13.8 Å². The number of hydrogen-bond acceptors (Lipinski definition) is 5. The number of rotatable bonds is 3. The second kappa shape index (κ2) is 4.85. The van der Waals surface area contributed by atoms with Crippen molar-refractivity contribution in [3.8, 4) is 0 Å². The maximum atomic E-state index is 5.66. The SMILES string of the molecule is CC(NC1COC(C)(C)OC1)c1nnc2n1CCC2. The van der Waals surface area contributed by atoms with Crippen molar-refractivity contribution in [2.24, 2.45) is 0 Å². The fourth-order valence-electron chi connectivity index (χ4n) is 2.71. The Morgan fingerprint density at radius 3 is 2.79 bits per heavy atom. The molecular formula is C13H22N4O2. The fraction of sp³-hybridized carbons (Fsp3) is 0.846. The molecule has 3 heterocycles. The van der Waals surface area contributed by atoms with E-state index in [0.717, 1.165) is 24.6 Å². The van der Waals surface area contributed by atoms with Gasteiger partial charge in [0.25, 0.3) is 0 Å². The third kappa shape index (κ3) is 2.66. The van der Waals surface area contributed by atoms with Gasteiger partial charge < -0.3 is 19.4 Å². The molecule has 2 aliphatic heterocycles. The van der Waals surface area contributed by atoms with Gasteiger partial charge in [-0.05, 0) is 27.2 Å². The van der Waals surface area contributed by atoms with Crippen LogP contribution in [0.5, 0.6) is 0 Å². The monoisotopic (exact) mass is 266 g/mol. The Hall–Kier alpha value is -0.980. The van der Waals surface area contributed by atoms with E-state index >= 15 is 0 Å². The summed E-state index contributed by atoms with van der Waals surface area (Å²) in [5.41, 5.74) is 0. The van der Waals surface area contributed by atoms with E-state index in [0.29, 0.717) is 13.2 Å². The predicted molar refractivity (Wildman–Crippen MR) is 69.7 cm³/mol. The molecule has 1 unspecified atom stereocenters. The number of ether oxygens (including phenoxy) is 2. The second-order valence-corrected chi connectivity index (χ2v) is 5.84. The van der Waals surface area contributed by atoms with E-state index in [9.17, 15) is 0 Å². The maximum Gasteiger partial charge on any atom is 0.162 e. The fourth-order valence-corrected chi connectivity index (χ4v) is 2.71. The van der Waals surface area contributed by atoms with Crippen LogP contribution in [0.25, 0.3) is 0 Å². The summed E-state index contributed by atoms with van der Waals surface area (Å²) in [6, 6.07) is 0.371. The van der Waals surface area contributed by atoms with E-state index in [1.54, 1.807) is 0 Å². The predicted octanol–water partition coefficient (Wildman–Crippen LogP) is 1.03. The smallest absolute Gasteiger partial charge is 0.162 e. The first-order chi connectivity index (χ1) is 9.05. The Morgan fingerprint density at radius 2 is 2.05 bits per heavy atom. The van der Waals surface area contributed by atoms with Crippen LogP contribution in [0.15, 0.2) is 0 Å². The number of hydrogen-bond donors (Lipinski definition) is 1. The summed E-state index contributed by atoms with van der Waals surface area (Å²) >= 11 is 0. The molecule has 0 aliphatic carbocycles. The van der Waals surface area contributed by atoms with Gasteiger partial charge in [-0.3, -0.25) is 0 Å². The molecule has 3 rings (SSSR count). The van der Waals surface area contributed by atoms with Gasteiger partial charge in [0, 0.05) is 13.0 Å². The lowest BCUT2D eigenvalue weighted by Gasteiger charge is -2.36. The molecule has 19 heavy (non-hydrogen) atoms. The molecule has 1 atom stereocenters. The van der Waals surface area contributed by atoms with Crippen LogP contribution in [0.4, 0.5) is 0 Å². The zero-order valence-corrected chi connectivity index (χ0v) is 11.8. The molecular weight excluding hydrogens is 244 g/mol. The van der Waals surface area contributed by atoms with Crippen molar-refractivity contribution < 1.29 is 9.47 Å². The van der Waals surface area contributed by atoms with Crippen LogP contribution in [0.3, 0.4) is 0 Å². The van der Waals surface area contributed by atoms with Crippen molar-refractivity contribution >= 4 is 0 Å². The Labute approximate surface area is 113 Å². The van der Waals surface area contributed by atoms with Gasteiger partial charge in [0.05, 0.1) is 25.3 Å². The molecule has 2 aliphatic rings. The molecule has 0 aromatic carbocycles. The van der Waals surface area contributed by atoms with E-state index in [2.05, 4.69) is 27.0 Å². The minimum Gasteiger partial charge on any atom is -0.349 e. The Kier molecular flexibility index (Phi) is 3.32. The lowest BCUT2D eigenvalue weighted by Crippen LogP contribution is -2.49. The highest BCUT2D eigenvalue weighted by atomic mass is 16.7. The van der Waals surface area contributed by atoms with Crippen molar-refractivity contribution in [3.05, 3.63) is 11.6 Å². The van der Waals surface area contributed by atoms with E-state index in [-0.39, 0.29) is 12.1 Å². The quantitative estimate of drug-likeness (QED) is 0.885. The molecule has 1 aromatic rings. The van der Waals surface area contributed by atoms with Crippen molar-refractivity contribution in [2.45, 2.75) is 58.0 Å². The zero-order chi connectivity index (χ0) is 13.5. The van der Waals surface area contributed by atoms with E-state index < -0.39 is 5.79 Å². The molecule has 0 saturated carbocycles. The first-order valence-corrected chi connectivity index (χ1v) is 7.01. The molecule has 0 bridgehead atoms. The molecule has 6 nitrogen and oxygen atoms in total. The summed E-state index contributed by atoms with van der Waals surface area (Å²) in [4.78, 5) is 0. The van der Waals surface area contributed by atoms with Gasteiger partial charge in [0.1, 0.15) is 11.6 Å². The summed E-state index contributed by atoms with van der Waals surface area (Å²) in [5.74, 6) is 1.68. The number of nitrogens with zero attached hydrogens (tertiary/aromatic N) is 3. The third-order valence-corrected chi connectivity index (χ3v) is 3.78. The van der Waals surface area contributed by atoms with Gasteiger partial charge >= 0.3 is 0 Å². The van der Waals surface area contributed by atoms with Crippen LogP contribution in [-0.4, -0.2) is 39.8 Å². The Bertz CT molecular complexity index is 447. The van der Waals surface area contributed by atoms with Gasteiger partial charge in [-0.2, -0.15) is 0 Å². The molecule has 6 heteroatoms. The first-order valence-electron chi connectivity index (χ1n) is 7.01. The Morgan fingerprint density at radius 1 is 1.32 bits per heavy atom.